The van der Waals surface area contributed by atoms with E-state index >= 15 is 0 Å². The molecule has 0 bridgehead atoms. The van der Waals surface area contributed by atoms with Crippen molar-refractivity contribution in [3.63, 3.8) is 0 Å². The summed E-state index contributed by atoms with van der Waals surface area (Å²) in [5, 5.41) is 3.53. The minimum absolute atomic E-state index is 0.191. The molecule has 1 aromatic rings. The first-order valence-electron chi connectivity index (χ1n) is 7.58. The Bertz CT molecular complexity index is 453. The summed E-state index contributed by atoms with van der Waals surface area (Å²) in [5.74, 6) is 0.435. The third kappa shape index (κ3) is 3.88. The zero-order valence-electron chi connectivity index (χ0n) is 12.7. The predicted molar refractivity (Wildman–Crippen MR) is 84.9 cm³/mol. The van der Waals surface area contributed by atoms with Gasteiger partial charge in [-0.05, 0) is 49.1 Å². The van der Waals surface area contributed by atoms with E-state index in [-0.39, 0.29) is 10.8 Å². The number of anilines is 1. The molecule has 2 atom stereocenters. The minimum atomic E-state index is -0.328. The summed E-state index contributed by atoms with van der Waals surface area (Å²) in [6.07, 6.45) is 5.91. The smallest absolute Gasteiger partial charge is 0.164 e. The lowest BCUT2D eigenvalue weighted by Crippen LogP contribution is -2.22. The van der Waals surface area contributed by atoms with Gasteiger partial charge >= 0.3 is 0 Å². The first-order valence-corrected chi connectivity index (χ1v) is 7.96. The molecule has 1 fully saturated rings. The second kappa shape index (κ2) is 6.34. The minimum Gasteiger partial charge on any atom is -0.380 e. The molecule has 2 rings (SSSR count). The fourth-order valence-corrected chi connectivity index (χ4v) is 3.32. The van der Waals surface area contributed by atoms with E-state index in [9.17, 15) is 4.39 Å². The van der Waals surface area contributed by atoms with Crippen LogP contribution in [0.25, 0.3) is 0 Å². The van der Waals surface area contributed by atoms with E-state index in [0.29, 0.717) is 17.1 Å². The van der Waals surface area contributed by atoms with Crippen molar-refractivity contribution >= 4 is 17.3 Å². The van der Waals surface area contributed by atoms with Gasteiger partial charge in [0.15, 0.2) is 5.82 Å². The molecule has 1 nitrogen and oxygen atoms in total. The molecule has 0 aromatic heterocycles. The van der Waals surface area contributed by atoms with Crippen LogP contribution in [0.2, 0.25) is 5.02 Å². The summed E-state index contributed by atoms with van der Waals surface area (Å²) in [4.78, 5) is 0. The summed E-state index contributed by atoms with van der Waals surface area (Å²) in [6, 6.07) is 5.51. The van der Waals surface area contributed by atoms with Gasteiger partial charge in [0.05, 0.1) is 10.7 Å². The van der Waals surface area contributed by atoms with Gasteiger partial charge in [0.2, 0.25) is 0 Å². The monoisotopic (exact) mass is 297 g/mol. The Morgan fingerprint density at radius 3 is 2.60 bits per heavy atom. The lowest BCUT2D eigenvalue weighted by atomic mass is 9.76. The number of halogens is 2. The van der Waals surface area contributed by atoms with Gasteiger partial charge in [0.25, 0.3) is 0 Å². The third-order valence-corrected chi connectivity index (χ3v) is 4.80. The van der Waals surface area contributed by atoms with Gasteiger partial charge in [-0.1, -0.05) is 44.9 Å². The van der Waals surface area contributed by atoms with Gasteiger partial charge in [-0.2, -0.15) is 0 Å². The number of hydrogen-bond acceptors (Lipinski definition) is 1. The van der Waals surface area contributed by atoms with Crippen LogP contribution in [-0.2, 0) is 0 Å². The third-order valence-electron chi connectivity index (χ3n) is 4.50. The van der Waals surface area contributed by atoms with Crippen molar-refractivity contribution < 1.29 is 4.39 Å². The molecule has 1 aliphatic rings. The lowest BCUT2D eigenvalue weighted by molar-refractivity contribution is 0.214. The zero-order valence-corrected chi connectivity index (χ0v) is 13.4. The van der Waals surface area contributed by atoms with Crippen molar-refractivity contribution in [3.8, 4) is 0 Å². The van der Waals surface area contributed by atoms with E-state index in [4.69, 9.17) is 11.6 Å². The van der Waals surface area contributed by atoms with Crippen LogP contribution < -0.4 is 5.32 Å². The van der Waals surface area contributed by atoms with Crippen LogP contribution in [0, 0.1) is 17.2 Å². The maximum Gasteiger partial charge on any atom is 0.164 e. The van der Waals surface area contributed by atoms with E-state index in [1.54, 1.807) is 18.2 Å². The van der Waals surface area contributed by atoms with Crippen LogP contribution in [0.5, 0.6) is 0 Å². The first kappa shape index (κ1) is 15.6. The molecule has 1 aliphatic carbocycles. The fourth-order valence-electron chi connectivity index (χ4n) is 3.15. The highest BCUT2D eigenvalue weighted by molar-refractivity contribution is 6.31. The molecule has 2 unspecified atom stereocenters. The van der Waals surface area contributed by atoms with Crippen LogP contribution in [-0.4, -0.2) is 6.04 Å². The Kier molecular flexibility index (Phi) is 4.95. The number of nitrogens with one attached hydrogen (secondary N) is 1. The summed E-state index contributed by atoms with van der Waals surface area (Å²) in [7, 11) is 0. The molecular formula is C17H25ClFN. The van der Waals surface area contributed by atoms with Crippen molar-refractivity contribution in [1.82, 2.24) is 0 Å². The molecular weight excluding hydrogens is 273 g/mol. The van der Waals surface area contributed by atoms with E-state index in [2.05, 4.69) is 26.1 Å². The molecule has 0 radical (unpaired) electrons. The molecule has 1 aromatic carbocycles. The van der Waals surface area contributed by atoms with E-state index < -0.39 is 0 Å². The Morgan fingerprint density at radius 1 is 1.15 bits per heavy atom. The van der Waals surface area contributed by atoms with Gasteiger partial charge in [-0.15, -0.1) is 0 Å². The molecule has 0 heterocycles. The van der Waals surface area contributed by atoms with Gasteiger partial charge < -0.3 is 5.32 Å². The van der Waals surface area contributed by atoms with E-state index in [1.807, 2.05) is 0 Å². The van der Waals surface area contributed by atoms with Crippen molar-refractivity contribution in [2.24, 2.45) is 11.3 Å². The van der Waals surface area contributed by atoms with Gasteiger partial charge in [0.1, 0.15) is 0 Å². The summed E-state index contributed by atoms with van der Waals surface area (Å²) in [6.45, 7) is 6.96. The number of rotatable bonds is 2. The molecule has 3 heteroatoms. The normalized spacial score (nSPS) is 24.2. The van der Waals surface area contributed by atoms with E-state index in [0.717, 1.165) is 18.8 Å². The topological polar surface area (TPSA) is 12.0 Å². The number of benzene rings is 1. The summed E-state index contributed by atoms with van der Waals surface area (Å²) >= 11 is 5.83. The van der Waals surface area contributed by atoms with Gasteiger partial charge in [0, 0.05) is 6.04 Å². The first-order chi connectivity index (χ1) is 9.38. The van der Waals surface area contributed by atoms with Crippen LogP contribution in [0.1, 0.15) is 52.9 Å². The molecule has 0 aliphatic heterocycles. The van der Waals surface area contributed by atoms with Crippen molar-refractivity contribution in [2.75, 3.05) is 5.32 Å². The fraction of sp³-hybridized carbons (Fsp3) is 0.647. The van der Waals surface area contributed by atoms with Gasteiger partial charge in [-0.3, -0.25) is 0 Å². The highest BCUT2D eigenvalue weighted by Crippen LogP contribution is 2.37. The maximum atomic E-state index is 13.9. The second-order valence-corrected chi connectivity index (χ2v) is 7.42. The molecule has 1 saturated carbocycles. The molecule has 0 saturated heterocycles. The van der Waals surface area contributed by atoms with Crippen LogP contribution in [0.15, 0.2) is 18.2 Å². The average molecular weight is 298 g/mol. The highest BCUT2D eigenvalue weighted by Gasteiger charge is 2.28. The molecule has 112 valence electrons. The largest absolute Gasteiger partial charge is 0.380 e. The second-order valence-electron chi connectivity index (χ2n) is 7.01. The Hall–Kier alpha value is -0.760. The van der Waals surface area contributed by atoms with Crippen molar-refractivity contribution in [1.29, 1.82) is 0 Å². The Balaban J connectivity index is 1.99. The molecule has 20 heavy (non-hydrogen) atoms. The van der Waals surface area contributed by atoms with Gasteiger partial charge in [-0.25, -0.2) is 4.39 Å². The Morgan fingerprint density at radius 2 is 1.90 bits per heavy atom. The van der Waals surface area contributed by atoms with Crippen molar-refractivity contribution in [2.45, 2.75) is 58.9 Å². The quantitative estimate of drug-likeness (QED) is 0.672. The van der Waals surface area contributed by atoms with Crippen LogP contribution >= 0.6 is 11.6 Å². The summed E-state index contributed by atoms with van der Waals surface area (Å²) in [5.41, 5.74) is 0.910. The molecule has 1 N–H and O–H groups in total. The SMILES string of the molecule is CC(C)(C)C1CCCC(Nc2cccc(Cl)c2F)CC1. The number of hydrogen-bond donors (Lipinski definition) is 1. The highest BCUT2D eigenvalue weighted by atomic mass is 35.5. The molecule has 0 amide bonds. The standard InChI is InChI=1S/C17H25ClFN/c1-17(2,3)12-6-4-7-13(11-10-12)20-15-9-5-8-14(18)16(15)19/h5,8-9,12-13,20H,4,6-7,10-11H2,1-3H3. The Labute approximate surface area is 126 Å². The molecule has 0 spiro atoms. The van der Waals surface area contributed by atoms with Crippen LogP contribution in [0.3, 0.4) is 0 Å². The maximum absolute atomic E-state index is 13.9. The summed E-state index contributed by atoms with van der Waals surface area (Å²) < 4.78 is 13.9. The van der Waals surface area contributed by atoms with Crippen LogP contribution in [0.4, 0.5) is 10.1 Å². The van der Waals surface area contributed by atoms with Crippen molar-refractivity contribution in [3.05, 3.63) is 29.0 Å². The zero-order chi connectivity index (χ0) is 14.8. The predicted octanol–water partition coefficient (Wildman–Crippen LogP) is 5.89. The lowest BCUT2D eigenvalue weighted by Gasteiger charge is -2.29. The average Bonchev–Trinajstić information content (AvgIpc) is 2.60. The van der Waals surface area contributed by atoms with E-state index in [1.165, 1.54) is 19.3 Å².